The lowest BCUT2D eigenvalue weighted by molar-refractivity contribution is 0.336. The molecule has 0 unspecified atom stereocenters. The fourth-order valence-electron chi connectivity index (χ4n) is 3.26. The summed E-state index contributed by atoms with van der Waals surface area (Å²) in [6.45, 7) is 5.14. The minimum atomic E-state index is 0.683. The van der Waals surface area contributed by atoms with Crippen LogP contribution in [0.25, 0.3) is 0 Å². The maximum atomic E-state index is 5.68. The summed E-state index contributed by atoms with van der Waals surface area (Å²) in [5, 5.41) is 6.77. The number of aliphatic imine (C=N–C) groups is 1. The van der Waals surface area contributed by atoms with Crippen molar-refractivity contribution in [1.29, 1.82) is 0 Å². The molecule has 144 valence electrons. The molecular formula is C22H29N3O2. The Morgan fingerprint density at radius 3 is 2.74 bits per heavy atom. The molecule has 0 fully saturated rings. The first kappa shape index (κ1) is 19.1. The molecule has 0 amide bonds. The van der Waals surface area contributed by atoms with Crippen LogP contribution >= 0.6 is 0 Å². The SMILES string of the molecule is CCOc1ccccc1CCNC(=NC)NCCc1ccc2c(c1)CCO2. The Labute approximate surface area is 161 Å². The zero-order valence-electron chi connectivity index (χ0n) is 16.3. The number of hydrogen-bond acceptors (Lipinski definition) is 3. The fourth-order valence-corrected chi connectivity index (χ4v) is 3.26. The molecule has 0 saturated heterocycles. The predicted molar refractivity (Wildman–Crippen MR) is 110 cm³/mol. The van der Waals surface area contributed by atoms with E-state index in [0.717, 1.165) is 56.4 Å². The minimum absolute atomic E-state index is 0.683. The number of benzene rings is 2. The van der Waals surface area contributed by atoms with E-state index in [2.05, 4.69) is 39.9 Å². The maximum absolute atomic E-state index is 5.68. The standard InChI is InChI=1S/C22H29N3O2/c1-3-26-20-7-5-4-6-18(20)11-14-25-22(23-2)24-13-10-17-8-9-21-19(16-17)12-15-27-21/h4-9,16H,3,10-15H2,1-2H3,(H2,23,24,25). The summed E-state index contributed by atoms with van der Waals surface area (Å²) in [6.07, 6.45) is 2.87. The number of hydrogen-bond donors (Lipinski definition) is 2. The van der Waals surface area contributed by atoms with Gasteiger partial charge in [0.15, 0.2) is 5.96 Å². The van der Waals surface area contributed by atoms with Crippen molar-refractivity contribution >= 4 is 5.96 Å². The van der Waals surface area contributed by atoms with E-state index < -0.39 is 0 Å². The molecule has 1 aliphatic rings. The molecule has 0 atom stereocenters. The molecule has 2 N–H and O–H groups in total. The van der Waals surface area contributed by atoms with Gasteiger partial charge in [-0.15, -0.1) is 0 Å². The molecule has 2 aromatic carbocycles. The van der Waals surface area contributed by atoms with Crippen LogP contribution < -0.4 is 20.1 Å². The van der Waals surface area contributed by atoms with Gasteiger partial charge in [-0.05, 0) is 48.6 Å². The Balaban J connectivity index is 1.42. The van der Waals surface area contributed by atoms with Crippen LogP contribution in [-0.2, 0) is 19.3 Å². The van der Waals surface area contributed by atoms with Crippen LogP contribution in [-0.4, -0.2) is 39.3 Å². The normalized spacial score (nSPS) is 13.0. The average Bonchev–Trinajstić information content (AvgIpc) is 3.16. The molecule has 0 aromatic heterocycles. The molecule has 3 rings (SSSR count). The van der Waals surface area contributed by atoms with Crippen molar-refractivity contribution in [1.82, 2.24) is 10.6 Å². The summed E-state index contributed by atoms with van der Waals surface area (Å²) in [4.78, 5) is 4.31. The summed E-state index contributed by atoms with van der Waals surface area (Å²) >= 11 is 0. The first-order chi connectivity index (χ1) is 13.3. The Bertz CT molecular complexity index is 774. The van der Waals surface area contributed by atoms with Crippen LogP contribution in [0, 0.1) is 0 Å². The lowest BCUT2D eigenvalue weighted by Gasteiger charge is -2.14. The third kappa shape index (κ3) is 5.39. The second-order valence-electron chi connectivity index (χ2n) is 6.51. The van der Waals surface area contributed by atoms with Gasteiger partial charge in [-0.1, -0.05) is 30.3 Å². The number of rotatable bonds is 8. The molecule has 5 nitrogen and oxygen atoms in total. The second kappa shape index (κ2) is 9.86. The Hall–Kier alpha value is -2.69. The summed E-state index contributed by atoms with van der Waals surface area (Å²) in [5.41, 5.74) is 3.86. The van der Waals surface area contributed by atoms with Crippen LogP contribution in [0.5, 0.6) is 11.5 Å². The lowest BCUT2D eigenvalue weighted by atomic mass is 10.1. The van der Waals surface area contributed by atoms with Crippen LogP contribution in [0.2, 0.25) is 0 Å². The van der Waals surface area contributed by atoms with Gasteiger partial charge < -0.3 is 20.1 Å². The monoisotopic (exact) mass is 367 g/mol. The van der Waals surface area contributed by atoms with Crippen molar-refractivity contribution in [3.63, 3.8) is 0 Å². The highest BCUT2D eigenvalue weighted by Gasteiger charge is 2.11. The molecule has 1 aliphatic heterocycles. The molecule has 1 heterocycles. The van der Waals surface area contributed by atoms with E-state index in [1.807, 2.05) is 25.1 Å². The quantitative estimate of drug-likeness (QED) is 0.556. The first-order valence-corrected chi connectivity index (χ1v) is 9.70. The first-order valence-electron chi connectivity index (χ1n) is 9.70. The van der Waals surface area contributed by atoms with Gasteiger partial charge in [-0.2, -0.15) is 0 Å². The molecule has 0 aliphatic carbocycles. The second-order valence-corrected chi connectivity index (χ2v) is 6.51. The highest BCUT2D eigenvalue weighted by Crippen LogP contribution is 2.25. The molecule has 0 bridgehead atoms. The average molecular weight is 367 g/mol. The van der Waals surface area contributed by atoms with Crippen molar-refractivity contribution < 1.29 is 9.47 Å². The summed E-state index contributed by atoms with van der Waals surface area (Å²) in [5.74, 6) is 2.83. The van der Waals surface area contributed by atoms with E-state index in [4.69, 9.17) is 9.47 Å². The largest absolute Gasteiger partial charge is 0.494 e. The van der Waals surface area contributed by atoms with Crippen LogP contribution in [0.1, 0.15) is 23.6 Å². The molecule has 5 heteroatoms. The molecular weight excluding hydrogens is 338 g/mol. The number of para-hydroxylation sites is 1. The van der Waals surface area contributed by atoms with E-state index in [0.29, 0.717) is 6.61 Å². The topological polar surface area (TPSA) is 54.9 Å². The maximum Gasteiger partial charge on any atom is 0.190 e. The molecule has 2 aromatic rings. The van der Waals surface area contributed by atoms with E-state index >= 15 is 0 Å². The van der Waals surface area contributed by atoms with Crippen molar-refractivity contribution in [2.24, 2.45) is 4.99 Å². The number of guanidine groups is 1. The predicted octanol–water partition coefficient (Wildman–Crippen LogP) is 2.97. The van der Waals surface area contributed by atoms with E-state index in [9.17, 15) is 0 Å². The Morgan fingerprint density at radius 1 is 1.11 bits per heavy atom. The zero-order valence-corrected chi connectivity index (χ0v) is 16.3. The van der Waals surface area contributed by atoms with Crippen molar-refractivity contribution in [3.8, 4) is 11.5 Å². The van der Waals surface area contributed by atoms with Gasteiger partial charge in [-0.25, -0.2) is 0 Å². The van der Waals surface area contributed by atoms with Crippen LogP contribution in [0.3, 0.4) is 0 Å². The molecule has 0 saturated carbocycles. The van der Waals surface area contributed by atoms with E-state index in [1.165, 1.54) is 16.7 Å². The van der Waals surface area contributed by atoms with Crippen molar-refractivity contribution in [3.05, 3.63) is 59.2 Å². The van der Waals surface area contributed by atoms with E-state index in [-0.39, 0.29) is 0 Å². The smallest absolute Gasteiger partial charge is 0.190 e. The van der Waals surface area contributed by atoms with Crippen LogP contribution in [0.4, 0.5) is 0 Å². The van der Waals surface area contributed by atoms with Gasteiger partial charge in [0, 0.05) is 26.6 Å². The summed E-state index contributed by atoms with van der Waals surface area (Å²) < 4.78 is 11.2. The van der Waals surface area contributed by atoms with Gasteiger partial charge in [0.1, 0.15) is 11.5 Å². The highest BCUT2D eigenvalue weighted by molar-refractivity contribution is 5.79. The number of fused-ring (bicyclic) bond motifs is 1. The number of nitrogens with zero attached hydrogens (tertiary/aromatic N) is 1. The molecule has 0 radical (unpaired) electrons. The lowest BCUT2D eigenvalue weighted by Crippen LogP contribution is -2.39. The van der Waals surface area contributed by atoms with Gasteiger partial charge in [0.05, 0.1) is 13.2 Å². The van der Waals surface area contributed by atoms with Gasteiger partial charge in [-0.3, -0.25) is 4.99 Å². The van der Waals surface area contributed by atoms with Crippen molar-refractivity contribution in [2.45, 2.75) is 26.2 Å². The van der Waals surface area contributed by atoms with Crippen LogP contribution in [0.15, 0.2) is 47.5 Å². The van der Waals surface area contributed by atoms with Gasteiger partial charge in [0.25, 0.3) is 0 Å². The van der Waals surface area contributed by atoms with Gasteiger partial charge in [0.2, 0.25) is 0 Å². The van der Waals surface area contributed by atoms with E-state index in [1.54, 1.807) is 7.05 Å². The summed E-state index contributed by atoms with van der Waals surface area (Å²) in [6, 6.07) is 14.7. The Morgan fingerprint density at radius 2 is 1.93 bits per heavy atom. The fraction of sp³-hybridized carbons (Fsp3) is 0.409. The minimum Gasteiger partial charge on any atom is -0.494 e. The van der Waals surface area contributed by atoms with Gasteiger partial charge >= 0.3 is 0 Å². The number of nitrogens with one attached hydrogen (secondary N) is 2. The molecule has 27 heavy (non-hydrogen) atoms. The molecule has 0 spiro atoms. The summed E-state index contributed by atoms with van der Waals surface area (Å²) in [7, 11) is 1.80. The third-order valence-electron chi connectivity index (χ3n) is 4.64. The third-order valence-corrected chi connectivity index (χ3v) is 4.64. The Kier molecular flexibility index (Phi) is 6.97. The van der Waals surface area contributed by atoms with Crippen molar-refractivity contribution in [2.75, 3.05) is 33.4 Å². The number of ether oxygens (including phenoxy) is 2. The highest BCUT2D eigenvalue weighted by atomic mass is 16.5. The zero-order chi connectivity index (χ0) is 18.9.